The van der Waals surface area contributed by atoms with Gasteiger partial charge < -0.3 is 62.3 Å². The number of cyclic esters (lactones) is 1. The molecule has 0 radical (unpaired) electrons. The highest BCUT2D eigenvalue weighted by atomic mass is 16.8. The van der Waals surface area contributed by atoms with Crippen molar-refractivity contribution in [2.75, 3.05) is 35.0 Å². The topological polar surface area (TPSA) is 176 Å². The largest absolute Gasteiger partial charge is 0.457 e. The average Bonchev–Trinajstić information content (AvgIpc) is 3.50. The molecule has 5 saturated heterocycles. The molecule has 4 bridgehead atoms. The van der Waals surface area contributed by atoms with Crippen LogP contribution in [-0.2, 0) is 61.7 Å². The van der Waals surface area contributed by atoms with E-state index >= 15 is 0 Å². The Bertz CT molecular complexity index is 1450. The fourth-order valence-electron chi connectivity index (χ4n) is 8.67. The molecule has 0 amide bonds. The van der Waals surface area contributed by atoms with Crippen LogP contribution in [0.25, 0.3) is 0 Å². The number of ether oxygens (including phenoxy) is 11. The van der Waals surface area contributed by atoms with E-state index in [2.05, 4.69) is 19.9 Å². The third-order valence-electron chi connectivity index (χ3n) is 12.6. The van der Waals surface area contributed by atoms with E-state index in [0.717, 1.165) is 0 Å². The van der Waals surface area contributed by atoms with Crippen molar-refractivity contribution in [2.24, 2.45) is 23.2 Å². The first-order valence-corrected chi connectivity index (χ1v) is 20.7. The molecule has 5 heterocycles. The van der Waals surface area contributed by atoms with E-state index in [1.54, 1.807) is 13.8 Å². The third-order valence-corrected chi connectivity index (χ3v) is 12.6. The van der Waals surface area contributed by atoms with Crippen LogP contribution in [0.1, 0.15) is 74.1 Å². The zero-order valence-corrected chi connectivity index (χ0v) is 36.0. The highest BCUT2D eigenvalue weighted by Gasteiger charge is 2.57. The second-order valence-corrected chi connectivity index (χ2v) is 17.3. The number of aliphatic hydroxyl groups is 2. The van der Waals surface area contributed by atoms with Crippen molar-refractivity contribution in [2.45, 2.75) is 166 Å². The van der Waals surface area contributed by atoms with Gasteiger partial charge in [-0.05, 0) is 25.3 Å². The quantitative estimate of drug-likeness (QED) is 0.215. The summed E-state index contributed by atoms with van der Waals surface area (Å²) in [5.41, 5.74) is -0.811. The summed E-state index contributed by atoms with van der Waals surface area (Å²) >= 11 is 0. The molecule has 0 aliphatic carbocycles. The Balaban J connectivity index is 1.39. The van der Waals surface area contributed by atoms with Crippen LogP contribution < -0.4 is 0 Å². The number of fused-ring (bicyclic) bond motifs is 4. The third kappa shape index (κ3) is 10.3. The van der Waals surface area contributed by atoms with Crippen molar-refractivity contribution in [3.05, 3.63) is 36.5 Å². The molecule has 5 aliphatic heterocycles. The van der Waals surface area contributed by atoms with Gasteiger partial charge in [-0.3, -0.25) is 9.59 Å². The number of carbonyl (C=O) groups excluding carboxylic acids is 2. The predicted molar refractivity (Wildman–Crippen MR) is 209 cm³/mol. The van der Waals surface area contributed by atoms with Gasteiger partial charge in [-0.1, -0.05) is 71.9 Å². The number of aliphatic hydroxyl groups excluding tert-OH is 1. The van der Waals surface area contributed by atoms with Crippen molar-refractivity contribution >= 4 is 11.8 Å². The zero-order chi connectivity index (χ0) is 42.5. The summed E-state index contributed by atoms with van der Waals surface area (Å²) in [5.74, 6) is -3.54. The van der Waals surface area contributed by atoms with Crippen LogP contribution in [0.2, 0.25) is 0 Å². The molecule has 0 saturated carbocycles. The summed E-state index contributed by atoms with van der Waals surface area (Å²) in [6.07, 6.45) is 1.19. The number of allylic oxidation sites excluding steroid dienone is 5. The van der Waals surface area contributed by atoms with Crippen LogP contribution in [0.5, 0.6) is 0 Å². The molecule has 5 rings (SSSR count). The van der Waals surface area contributed by atoms with E-state index < -0.39 is 115 Å². The van der Waals surface area contributed by atoms with Gasteiger partial charge in [0.1, 0.15) is 42.7 Å². The van der Waals surface area contributed by atoms with Crippen LogP contribution in [0.3, 0.4) is 0 Å². The first-order valence-electron chi connectivity index (χ1n) is 20.7. The van der Waals surface area contributed by atoms with E-state index in [0.29, 0.717) is 12.3 Å². The lowest BCUT2D eigenvalue weighted by atomic mass is 9.77. The number of hydrogen-bond acceptors (Lipinski definition) is 15. The Hall–Kier alpha value is -2.12. The molecule has 0 aromatic carbocycles. The van der Waals surface area contributed by atoms with Crippen LogP contribution in [0, 0.1) is 23.2 Å². The lowest BCUT2D eigenvalue weighted by Crippen LogP contribution is -2.63. The van der Waals surface area contributed by atoms with Crippen molar-refractivity contribution in [1.82, 2.24) is 0 Å². The van der Waals surface area contributed by atoms with E-state index in [-0.39, 0.29) is 31.8 Å². The van der Waals surface area contributed by atoms with Crippen molar-refractivity contribution in [3.8, 4) is 0 Å². The molecule has 0 spiro atoms. The van der Waals surface area contributed by atoms with Crippen LogP contribution in [0.15, 0.2) is 36.5 Å². The van der Waals surface area contributed by atoms with E-state index in [1.165, 1.54) is 28.4 Å². The van der Waals surface area contributed by atoms with Gasteiger partial charge in [0.2, 0.25) is 5.79 Å². The lowest BCUT2D eigenvalue weighted by Gasteiger charge is -2.48. The summed E-state index contributed by atoms with van der Waals surface area (Å²) in [5, 5.41) is 22.6. The first-order chi connectivity index (χ1) is 27.5. The number of Topliss-reactive ketones (excluding diaryl/α,β-unsaturated/α-hetero) is 1. The summed E-state index contributed by atoms with van der Waals surface area (Å²) in [4.78, 5) is 27.9. The second-order valence-electron chi connectivity index (χ2n) is 17.3. The second kappa shape index (κ2) is 20.2. The van der Waals surface area contributed by atoms with E-state index in [9.17, 15) is 19.8 Å². The molecule has 9 unspecified atom stereocenters. The average molecular weight is 825 g/mol. The number of ketones is 1. The summed E-state index contributed by atoms with van der Waals surface area (Å²) < 4.78 is 67.6. The molecular formula is C43H68O15. The number of esters is 1. The Morgan fingerprint density at radius 2 is 1.47 bits per heavy atom. The summed E-state index contributed by atoms with van der Waals surface area (Å²) in [7, 11) is 6.02. The fraction of sp³-hybridized carbons (Fsp3) is 0.814. The molecular weight excluding hydrogens is 756 g/mol. The molecule has 15 nitrogen and oxygen atoms in total. The monoisotopic (exact) mass is 824 g/mol. The van der Waals surface area contributed by atoms with Gasteiger partial charge in [0, 0.05) is 58.5 Å². The fourth-order valence-corrected chi connectivity index (χ4v) is 8.67. The van der Waals surface area contributed by atoms with Gasteiger partial charge in [-0.2, -0.15) is 0 Å². The highest BCUT2D eigenvalue weighted by Crippen LogP contribution is 2.46. The molecule has 330 valence electrons. The van der Waals surface area contributed by atoms with Crippen LogP contribution >= 0.6 is 0 Å². The smallest absolute Gasteiger partial charge is 0.309 e. The number of carbonyl (C=O) groups is 2. The normalized spacial score (nSPS) is 44.1. The Kier molecular flexibility index (Phi) is 16.3. The Morgan fingerprint density at radius 1 is 0.793 bits per heavy atom. The molecule has 2 N–H and O–H groups in total. The lowest BCUT2D eigenvalue weighted by molar-refractivity contribution is -0.358. The molecule has 58 heavy (non-hydrogen) atoms. The van der Waals surface area contributed by atoms with Gasteiger partial charge in [0.15, 0.2) is 18.4 Å². The molecule has 15 heteroatoms. The van der Waals surface area contributed by atoms with Gasteiger partial charge in [-0.25, -0.2) is 0 Å². The van der Waals surface area contributed by atoms with Crippen molar-refractivity contribution < 1.29 is 71.9 Å². The minimum atomic E-state index is -2.06. The number of hydrogen-bond donors (Lipinski definition) is 2. The number of rotatable bonds is 12. The molecule has 5 aliphatic rings. The number of methoxy groups -OCH3 is 4. The van der Waals surface area contributed by atoms with Crippen molar-refractivity contribution in [3.63, 3.8) is 0 Å². The molecule has 0 aromatic heterocycles. The molecule has 5 fully saturated rings. The van der Waals surface area contributed by atoms with Crippen molar-refractivity contribution in [1.29, 1.82) is 0 Å². The zero-order valence-electron chi connectivity index (χ0n) is 36.0. The SMILES string of the molecule is COC1COC(O[C@H]2C[C@H]3CC(=O)[C@]4(O)O[C@H](C[C@H]4C)C(C)(C)[C@@H](/C=C/C=C/C=C/C(C)C)OC(=O)C[C@H](O3)[C@@H]2C)C(OC)C1OC1OC(C)C(O)C(OC)C1OC. The minimum Gasteiger partial charge on any atom is -0.457 e. The predicted octanol–water partition coefficient (Wildman–Crippen LogP) is 3.81. The maximum Gasteiger partial charge on any atom is 0.309 e. The van der Waals surface area contributed by atoms with Gasteiger partial charge in [0.25, 0.3) is 0 Å². The maximum atomic E-state index is 14.1. The standard InChI is InChI=1S/C43H68O15/c1-23(2)16-14-12-13-15-17-32-42(6,7)33-18-24(3)43(47,58-33)31(44)20-27-19-28(25(4)29(54-27)21-34(45)56-32)55-40-38(50-10)36(30(48-8)22-52-40)57-41-39(51-11)37(49-9)35(46)26(5)53-41/h12-17,23-30,32-33,35-41,46-47H,18-22H2,1-11H3/b13-12+,16-14+,17-15+/t24-,25-,26?,27+,28+,29+,30?,32-,33-,35?,36?,37?,38?,39?,40?,41?,43-/m1/s1. The first kappa shape index (κ1) is 46.9. The Labute approximate surface area is 343 Å². The summed E-state index contributed by atoms with van der Waals surface area (Å²) in [6, 6.07) is 0. The molecule has 0 aromatic rings. The maximum absolute atomic E-state index is 14.1. The Morgan fingerprint density at radius 3 is 2.12 bits per heavy atom. The van der Waals surface area contributed by atoms with E-state index in [1.807, 2.05) is 51.2 Å². The van der Waals surface area contributed by atoms with Gasteiger partial charge in [0.05, 0.1) is 43.5 Å². The van der Waals surface area contributed by atoms with E-state index in [4.69, 9.17) is 52.1 Å². The highest BCUT2D eigenvalue weighted by molar-refractivity contribution is 5.86. The van der Waals surface area contributed by atoms with Gasteiger partial charge in [-0.15, -0.1) is 0 Å². The van der Waals surface area contributed by atoms with Crippen LogP contribution in [-0.4, -0.2) is 149 Å². The molecule has 17 atom stereocenters. The van der Waals surface area contributed by atoms with Crippen LogP contribution in [0.4, 0.5) is 0 Å². The minimum absolute atomic E-state index is 0.0779. The summed E-state index contributed by atoms with van der Waals surface area (Å²) in [6.45, 7) is 13.5. The van der Waals surface area contributed by atoms with Gasteiger partial charge >= 0.3 is 5.97 Å².